The van der Waals surface area contributed by atoms with Gasteiger partial charge in [0.1, 0.15) is 0 Å². The second-order valence-corrected chi connectivity index (χ2v) is 4.72. The second-order valence-electron chi connectivity index (χ2n) is 4.72. The lowest BCUT2D eigenvalue weighted by molar-refractivity contribution is 0.181. The first-order valence-corrected chi connectivity index (χ1v) is 6.86. The molecule has 96 valence electrons. The van der Waals surface area contributed by atoms with E-state index in [4.69, 9.17) is 0 Å². The normalized spacial score (nSPS) is 13.0. The summed E-state index contributed by atoms with van der Waals surface area (Å²) in [6.07, 6.45) is 5.81. The second kappa shape index (κ2) is 7.44. The fourth-order valence-electron chi connectivity index (χ4n) is 2.30. The lowest BCUT2D eigenvalue weighted by Gasteiger charge is -2.29. The summed E-state index contributed by atoms with van der Waals surface area (Å²) < 4.78 is 0. The van der Waals surface area contributed by atoms with Crippen LogP contribution in [0.4, 0.5) is 0 Å². The molecular formula is C15H26N2. The van der Waals surface area contributed by atoms with Crippen LogP contribution in [0.1, 0.15) is 51.3 Å². The zero-order valence-corrected chi connectivity index (χ0v) is 11.7. The Morgan fingerprint density at radius 2 is 2.00 bits per heavy atom. The van der Waals surface area contributed by atoms with Crippen molar-refractivity contribution in [3.05, 3.63) is 29.6 Å². The van der Waals surface area contributed by atoms with E-state index >= 15 is 0 Å². The summed E-state index contributed by atoms with van der Waals surface area (Å²) in [4.78, 5) is 6.94. The minimum absolute atomic E-state index is 0.714. The van der Waals surface area contributed by atoms with Crippen molar-refractivity contribution in [2.45, 2.75) is 59.5 Å². The van der Waals surface area contributed by atoms with Crippen molar-refractivity contribution in [1.29, 1.82) is 0 Å². The summed E-state index contributed by atoms with van der Waals surface area (Å²) in [7, 11) is 0. The van der Waals surface area contributed by atoms with Crippen LogP contribution >= 0.6 is 0 Å². The summed E-state index contributed by atoms with van der Waals surface area (Å²) >= 11 is 0. The van der Waals surface area contributed by atoms with Crippen LogP contribution in [0.3, 0.4) is 0 Å². The molecule has 0 aliphatic heterocycles. The van der Waals surface area contributed by atoms with Gasteiger partial charge in [0.25, 0.3) is 0 Å². The van der Waals surface area contributed by atoms with E-state index < -0.39 is 0 Å². The fourth-order valence-corrected chi connectivity index (χ4v) is 2.30. The molecule has 17 heavy (non-hydrogen) atoms. The van der Waals surface area contributed by atoms with Gasteiger partial charge in [-0.15, -0.1) is 0 Å². The fraction of sp³-hybridized carbons (Fsp3) is 0.667. The molecule has 1 aromatic heterocycles. The van der Waals surface area contributed by atoms with Crippen molar-refractivity contribution in [1.82, 2.24) is 9.88 Å². The first-order chi connectivity index (χ1) is 8.21. The molecule has 0 spiro atoms. The summed E-state index contributed by atoms with van der Waals surface area (Å²) in [6, 6.07) is 5.01. The molecule has 1 heterocycles. The molecule has 1 rings (SSSR count). The van der Waals surface area contributed by atoms with Gasteiger partial charge in [-0.05, 0) is 37.9 Å². The first kappa shape index (κ1) is 14.2. The van der Waals surface area contributed by atoms with E-state index in [9.17, 15) is 0 Å². The van der Waals surface area contributed by atoms with Gasteiger partial charge in [-0.1, -0.05) is 33.3 Å². The Balaban J connectivity index is 2.64. The summed E-state index contributed by atoms with van der Waals surface area (Å²) in [6.45, 7) is 11.0. The maximum atomic E-state index is 4.37. The highest BCUT2D eigenvalue weighted by molar-refractivity contribution is 5.13. The summed E-state index contributed by atoms with van der Waals surface area (Å²) in [5, 5.41) is 0. The molecular weight excluding hydrogens is 208 g/mol. The van der Waals surface area contributed by atoms with E-state index in [2.05, 4.69) is 42.8 Å². The standard InChI is InChI=1S/C15H26N2/c1-5-8-15(6-2)17(7-3)12-14-10-9-13(4)16-11-14/h9-11,15H,5-8,12H2,1-4H3. The molecule has 0 saturated heterocycles. The topological polar surface area (TPSA) is 16.1 Å². The Morgan fingerprint density at radius 1 is 1.24 bits per heavy atom. The minimum Gasteiger partial charge on any atom is -0.296 e. The van der Waals surface area contributed by atoms with Crippen LogP contribution in [-0.2, 0) is 6.54 Å². The van der Waals surface area contributed by atoms with Crippen molar-refractivity contribution < 1.29 is 0 Å². The van der Waals surface area contributed by atoms with Crippen molar-refractivity contribution in [2.24, 2.45) is 0 Å². The van der Waals surface area contributed by atoms with Gasteiger partial charge in [0, 0.05) is 24.5 Å². The number of hydrogen-bond acceptors (Lipinski definition) is 2. The maximum absolute atomic E-state index is 4.37. The van der Waals surface area contributed by atoms with Crippen LogP contribution < -0.4 is 0 Å². The molecule has 0 aliphatic rings. The number of aromatic nitrogens is 1. The summed E-state index contributed by atoms with van der Waals surface area (Å²) in [5.74, 6) is 0. The van der Waals surface area contributed by atoms with Gasteiger partial charge in [-0.2, -0.15) is 0 Å². The SMILES string of the molecule is CCCC(CC)N(CC)Cc1ccc(C)nc1. The molecule has 1 unspecified atom stereocenters. The van der Waals surface area contributed by atoms with Gasteiger partial charge in [-0.25, -0.2) is 0 Å². The zero-order chi connectivity index (χ0) is 12.7. The van der Waals surface area contributed by atoms with Gasteiger partial charge >= 0.3 is 0 Å². The molecule has 0 fully saturated rings. The third kappa shape index (κ3) is 4.47. The van der Waals surface area contributed by atoms with Gasteiger partial charge in [0.2, 0.25) is 0 Å². The highest BCUT2D eigenvalue weighted by atomic mass is 15.1. The molecule has 2 nitrogen and oxygen atoms in total. The average Bonchev–Trinajstić information content (AvgIpc) is 2.36. The molecule has 0 radical (unpaired) electrons. The Morgan fingerprint density at radius 3 is 2.47 bits per heavy atom. The average molecular weight is 234 g/mol. The van der Waals surface area contributed by atoms with Crippen molar-refractivity contribution in [3.63, 3.8) is 0 Å². The van der Waals surface area contributed by atoms with Crippen molar-refractivity contribution in [3.8, 4) is 0 Å². The van der Waals surface area contributed by atoms with E-state index in [1.807, 2.05) is 13.1 Å². The van der Waals surface area contributed by atoms with Crippen LogP contribution in [0.5, 0.6) is 0 Å². The highest BCUT2D eigenvalue weighted by Gasteiger charge is 2.14. The molecule has 0 aromatic carbocycles. The Labute approximate surface area is 106 Å². The zero-order valence-electron chi connectivity index (χ0n) is 11.7. The van der Waals surface area contributed by atoms with Gasteiger partial charge in [0.15, 0.2) is 0 Å². The molecule has 1 aromatic rings. The summed E-state index contributed by atoms with van der Waals surface area (Å²) in [5.41, 5.74) is 2.42. The number of rotatable bonds is 7. The van der Waals surface area contributed by atoms with Gasteiger partial charge in [0.05, 0.1) is 0 Å². The number of hydrogen-bond donors (Lipinski definition) is 0. The van der Waals surface area contributed by atoms with Gasteiger partial charge in [-0.3, -0.25) is 9.88 Å². The van der Waals surface area contributed by atoms with Crippen LogP contribution in [0.25, 0.3) is 0 Å². The van der Waals surface area contributed by atoms with Crippen LogP contribution in [-0.4, -0.2) is 22.5 Å². The Bertz CT molecular complexity index is 305. The Hall–Kier alpha value is -0.890. The molecule has 0 N–H and O–H groups in total. The Kier molecular flexibility index (Phi) is 6.20. The van der Waals surface area contributed by atoms with Crippen molar-refractivity contribution >= 4 is 0 Å². The van der Waals surface area contributed by atoms with Gasteiger partial charge < -0.3 is 0 Å². The lowest BCUT2D eigenvalue weighted by atomic mass is 10.1. The van der Waals surface area contributed by atoms with E-state index in [1.165, 1.54) is 24.8 Å². The van der Waals surface area contributed by atoms with Crippen LogP contribution in [0.15, 0.2) is 18.3 Å². The van der Waals surface area contributed by atoms with Crippen LogP contribution in [0, 0.1) is 6.92 Å². The van der Waals surface area contributed by atoms with E-state index in [0.717, 1.165) is 18.8 Å². The quantitative estimate of drug-likeness (QED) is 0.713. The predicted molar refractivity (Wildman–Crippen MR) is 74.0 cm³/mol. The molecule has 2 heteroatoms. The largest absolute Gasteiger partial charge is 0.296 e. The molecule has 0 saturated carbocycles. The maximum Gasteiger partial charge on any atom is 0.0372 e. The van der Waals surface area contributed by atoms with E-state index in [0.29, 0.717) is 6.04 Å². The first-order valence-electron chi connectivity index (χ1n) is 6.86. The number of pyridine rings is 1. The van der Waals surface area contributed by atoms with Crippen LogP contribution in [0.2, 0.25) is 0 Å². The van der Waals surface area contributed by atoms with E-state index in [-0.39, 0.29) is 0 Å². The number of nitrogens with zero attached hydrogens (tertiary/aromatic N) is 2. The predicted octanol–water partition coefficient (Wildman–Crippen LogP) is 3.79. The van der Waals surface area contributed by atoms with E-state index in [1.54, 1.807) is 0 Å². The highest BCUT2D eigenvalue weighted by Crippen LogP contribution is 2.14. The third-order valence-electron chi connectivity index (χ3n) is 3.37. The third-order valence-corrected chi connectivity index (χ3v) is 3.37. The lowest BCUT2D eigenvalue weighted by Crippen LogP contribution is -2.34. The molecule has 0 aliphatic carbocycles. The molecule has 1 atom stereocenters. The number of aryl methyl sites for hydroxylation is 1. The molecule has 0 amide bonds. The van der Waals surface area contributed by atoms with Crippen molar-refractivity contribution in [2.75, 3.05) is 6.54 Å². The monoisotopic (exact) mass is 234 g/mol. The minimum atomic E-state index is 0.714. The molecule has 0 bridgehead atoms. The smallest absolute Gasteiger partial charge is 0.0372 e.